The molecule has 0 bridgehead atoms. The number of H-pyrrole nitrogens is 1. The number of rotatable bonds is 8. The molecule has 2 heterocycles. The van der Waals surface area contributed by atoms with Crippen LogP contribution in [0.1, 0.15) is 18.4 Å². The van der Waals surface area contributed by atoms with Gasteiger partial charge in [0.2, 0.25) is 15.9 Å². The van der Waals surface area contributed by atoms with E-state index in [9.17, 15) is 13.2 Å². The van der Waals surface area contributed by atoms with Crippen molar-refractivity contribution in [2.45, 2.75) is 30.2 Å². The van der Waals surface area contributed by atoms with Crippen molar-refractivity contribution in [3.05, 3.63) is 78.5 Å². The molecule has 3 aromatic carbocycles. The van der Waals surface area contributed by atoms with Gasteiger partial charge in [0, 0.05) is 42.1 Å². The van der Waals surface area contributed by atoms with E-state index in [-0.39, 0.29) is 29.1 Å². The number of aromatic amines is 1. The summed E-state index contributed by atoms with van der Waals surface area (Å²) in [5.74, 6) is -0.236. The third-order valence-electron chi connectivity index (χ3n) is 7.18. The van der Waals surface area contributed by atoms with Crippen molar-refractivity contribution >= 4 is 43.6 Å². The summed E-state index contributed by atoms with van der Waals surface area (Å²) >= 11 is 0. The van der Waals surface area contributed by atoms with Crippen LogP contribution in [-0.4, -0.2) is 55.8 Å². The number of hydrogen-bond acceptors (Lipinski definition) is 4. The number of likely N-dealkylation sites (tertiary alicyclic amines) is 1. The summed E-state index contributed by atoms with van der Waals surface area (Å²) in [6.45, 7) is 1.70. The second kappa shape index (κ2) is 10.8. The number of sulfonamides is 1. The number of fused-ring (bicyclic) bond motifs is 2. The molecule has 5 rings (SSSR count). The Morgan fingerprint density at radius 1 is 1.08 bits per heavy atom. The normalized spacial score (nSPS) is 16.9. The van der Waals surface area contributed by atoms with Crippen LogP contribution in [0.2, 0.25) is 0 Å². The Bertz CT molecular complexity index is 1580. The standard InChI is InChI=1S/C28H32N6O3S/c29-28(30)34-14-6-7-19(18-34)16-32-27(35)25(15-21-17-31-24-12-4-3-10-22(21)24)33-38(36,37)26-13-5-9-20-8-1-2-11-23(20)26/h1-5,8-13,17,19,25,31,33H,6-7,14-16,18H2,(H3,29,30)(H,32,35)/t19?,25-/m1/s1. The minimum absolute atomic E-state index is 0.0288. The fourth-order valence-electron chi connectivity index (χ4n) is 5.21. The predicted molar refractivity (Wildman–Crippen MR) is 149 cm³/mol. The van der Waals surface area contributed by atoms with Crippen LogP contribution in [-0.2, 0) is 21.2 Å². The quantitative estimate of drug-likeness (QED) is 0.175. The van der Waals surface area contributed by atoms with E-state index >= 15 is 0 Å². The second-order valence-electron chi connectivity index (χ2n) is 9.80. The molecule has 1 aromatic heterocycles. The molecule has 198 valence electrons. The van der Waals surface area contributed by atoms with Crippen LogP contribution in [0.15, 0.2) is 77.8 Å². The van der Waals surface area contributed by atoms with Crippen LogP contribution < -0.4 is 15.8 Å². The van der Waals surface area contributed by atoms with Crippen molar-refractivity contribution < 1.29 is 13.2 Å². The van der Waals surface area contributed by atoms with Gasteiger partial charge in [-0.1, -0.05) is 54.6 Å². The van der Waals surface area contributed by atoms with Gasteiger partial charge in [-0.25, -0.2) is 8.42 Å². The van der Waals surface area contributed by atoms with Gasteiger partial charge in [-0.05, 0) is 48.3 Å². The van der Waals surface area contributed by atoms with E-state index in [1.54, 1.807) is 29.2 Å². The lowest BCUT2D eigenvalue weighted by Crippen LogP contribution is -2.51. The Morgan fingerprint density at radius 2 is 1.82 bits per heavy atom. The highest BCUT2D eigenvalue weighted by Gasteiger charge is 2.29. The maximum Gasteiger partial charge on any atom is 0.241 e. The molecule has 0 radical (unpaired) electrons. The average molecular weight is 533 g/mol. The van der Waals surface area contributed by atoms with Crippen LogP contribution in [0.5, 0.6) is 0 Å². The van der Waals surface area contributed by atoms with Gasteiger partial charge in [0.05, 0.1) is 4.90 Å². The first kappa shape index (κ1) is 25.7. The number of nitrogens with two attached hydrogens (primary N) is 1. The van der Waals surface area contributed by atoms with Gasteiger partial charge in [0.15, 0.2) is 5.96 Å². The van der Waals surface area contributed by atoms with Gasteiger partial charge in [-0.15, -0.1) is 0 Å². The molecule has 1 saturated heterocycles. The summed E-state index contributed by atoms with van der Waals surface area (Å²) in [7, 11) is -4.02. The van der Waals surface area contributed by atoms with Crippen molar-refractivity contribution in [2.24, 2.45) is 11.7 Å². The van der Waals surface area contributed by atoms with Gasteiger partial charge in [-0.2, -0.15) is 4.72 Å². The molecular weight excluding hydrogens is 500 g/mol. The molecule has 1 amide bonds. The fraction of sp³-hybridized carbons (Fsp3) is 0.286. The predicted octanol–water partition coefficient (Wildman–Crippen LogP) is 2.93. The van der Waals surface area contributed by atoms with E-state index in [1.807, 2.05) is 48.7 Å². The Balaban J connectivity index is 1.40. The highest BCUT2D eigenvalue weighted by Crippen LogP contribution is 2.24. The molecule has 4 aromatic rings. The number of hydrogen-bond donors (Lipinski definition) is 5. The lowest BCUT2D eigenvalue weighted by atomic mass is 9.98. The zero-order valence-electron chi connectivity index (χ0n) is 21.0. The van der Waals surface area contributed by atoms with Gasteiger partial charge in [0.25, 0.3) is 0 Å². The minimum Gasteiger partial charge on any atom is -0.370 e. The van der Waals surface area contributed by atoms with Crippen LogP contribution in [0.4, 0.5) is 0 Å². The molecule has 1 aliphatic heterocycles. The van der Waals surface area contributed by atoms with Crippen molar-refractivity contribution in [3.63, 3.8) is 0 Å². The van der Waals surface area contributed by atoms with E-state index in [0.717, 1.165) is 41.2 Å². The summed E-state index contributed by atoms with van der Waals surface area (Å²) < 4.78 is 30.0. The SMILES string of the molecule is N=C(N)N1CCCC(CNC(=O)[C@@H](Cc2c[nH]c3ccccc23)NS(=O)(=O)c2cccc3ccccc23)C1. The third-order valence-corrected chi connectivity index (χ3v) is 8.71. The Labute approximate surface area is 222 Å². The fourth-order valence-corrected chi connectivity index (χ4v) is 6.63. The van der Waals surface area contributed by atoms with Crippen molar-refractivity contribution in [1.82, 2.24) is 19.9 Å². The molecule has 1 unspecified atom stereocenters. The van der Waals surface area contributed by atoms with Crippen molar-refractivity contribution in [2.75, 3.05) is 19.6 Å². The number of guanidine groups is 1. The highest BCUT2D eigenvalue weighted by atomic mass is 32.2. The van der Waals surface area contributed by atoms with E-state index < -0.39 is 16.1 Å². The molecule has 0 saturated carbocycles. The number of para-hydroxylation sites is 1. The van der Waals surface area contributed by atoms with Gasteiger partial charge in [-0.3, -0.25) is 10.2 Å². The highest BCUT2D eigenvalue weighted by molar-refractivity contribution is 7.89. The lowest BCUT2D eigenvalue weighted by molar-refractivity contribution is -0.122. The summed E-state index contributed by atoms with van der Waals surface area (Å²) in [5, 5.41) is 13.0. The van der Waals surface area contributed by atoms with Crippen LogP contribution in [0.3, 0.4) is 0 Å². The smallest absolute Gasteiger partial charge is 0.241 e. The molecule has 10 heteroatoms. The molecule has 0 aliphatic carbocycles. The second-order valence-corrected chi connectivity index (χ2v) is 11.5. The Kier molecular flexibility index (Phi) is 7.35. The van der Waals surface area contributed by atoms with Crippen molar-refractivity contribution in [1.29, 1.82) is 5.41 Å². The number of benzene rings is 3. The average Bonchev–Trinajstić information content (AvgIpc) is 3.33. The monoisotopic (exact) mass is 532 g/mol. The summed E-state index contributed by atoms with van der Waals surface area (Å²) in [4.78, 5) is 18.6. The number of carbonyl (C=O) groups excluding carboxylic acids is 1. The summed E-state index contributed by atoms with van der Waals surface area (Å²) in [5.41, 5.74) is 7.43. The zero-order valence-corrected chi connectivity index (χ0v) is 21.8. The van der Waals surface area contributed by atoms with Gasteiger partial charge in [0.1, 0.15) is 6.04 Å². The Morgan fingerprint density at radius 3 is 2.63 bits per heavy atom. The van der Waals surface area contributed by atoms with Crippen molar-refractivity contribution in [3.8, 4) is 0 Å². The first-order valence-corrected chi connectivity index (χ1v) is 14.2. The molecule has 1 aliphatic rings. The first-order valence-electron chi connectivity index (χ1n) is 12.7. The third kappa shape index (κ3) is 5.51. The van der Waals surface area contributed by atoms with Crippen LogP contribution in [0.25, 0.3) is 21.7 Å². The molecule has 38 heavy (non-hydrogen) atoms. The minimum atomic E-state index is -4.02. The van der Waals surface area contributed by atoms with Gasteiger partial charge < -0.3 is 20.9 Å². The maximum absolute atomic E-state index is 13.6. The Hall–Kier alpha value is -3.89. The number of nitrogens with zero attached hydrogens (tertiary/aromatic N) is 1. The first-order chi connectivity index (χ1) is 18.3. The van der Waals surface area contributed by atoms with E-state index in [0.29, 0.717) is 18.5 Å². The zero-order chi connectivity index (χ0) is 26.7. The molecule has 9 nitrogen and oxygen atoms in total. The van der Waals surface area contributed by atoms with E-state index in [2.05, 4.69) is 15.0 Å². The van der Waals surface area contributed by atoms with E-state index in [1.165, 1.54) is 0 Å². The number of piperidine rings is 1. The van der Waals surface area contributed by atoms with Crippen LogP contribution in [0, 0.1) is 11.3 Å². The summed E-state index contributed by atoms with van der Waals surface area (Å²) in [6.07, 6.45) is 3.79. The molecule has 2 atom stereocenters. The summed E-state index contributed by atoms with van der Waals surface area (Å²) in [6, 6.07) is 19.1. The molecular formula is C28H32N6O3S. The van der Waals surface area contributed by atoms with Gasteiger partial charge >= 0.3 is 0 Å². The molecule has 1 fully saturated rings. The van der Waals surface area contributed by atoms with E-state index in [4.69, 9.17) is 11.1 Å². The molecule has 0 spiro atoms. The number of carbonyl (C=O) groups is 1. The topological polar surface area (TPSA) is 144 Å². The lowest BCUT2D eigenvalue weighted by Gasteiger charge is -2.33. The number of amides is 1. The number of nitrogens with one attached hydrogen (secondary N) is 4. The van der Waals surface area contributed by atoms with Crippen LogP contribution >= 0.6 is 0 Å². The largest absolute Gasteiger partial charge is 0.370 e. The maximum atomic E-state index is 13.6. The molecule has 6 N–H and O–H groups in total. The number of aromatic nitrogens is 1.